The molecule has 2 heterocycles. The number of aromatic nitrogens is 5. The second-order valence-electron chi connectivity index (χ2n) is 6.77. The monoisotopic (exact) mass is 484 g/mol. The Bertz CT molecular complexity index is 1320. The molecule has 13 heteroatoms. The molecule has 1 amide bonds. The first kappa shape index (κ1) is 22.3. The van der Waals surface area contributed by atoms with Gasteiger partial charge >= 0.3 is 0 Å². The topological polar surface area (TPSA) is 157 Å². The number of nitrogens with zero attached hydrogens (tertiary/aromatic N) is 6. The summed E-state index contributed by atoms with van der Waals surface area (Å²) in [6.07, 6.45) is 1.27. The van der Waals surface area contributed by atoms with Crippen molar-refractivity contribution in [2.75, 3.05) is 5.73 Å². The normalized spacial score (nSPS) is 11.2. The molecule has 4 N–H and O–H groups in total. The van der Waals surface area contributed by atoms with Crippen LogP contribution in [0, 0.1) is 6.92 Å². The van der Waals surface area contributed by atoms with E-state index in [9.17, 15) is 9.90 Å². The highest BCUT2D eigenvalue weighted by Crippen LogP contribution is 2.26. The van der Waals surface area contributed by atoms with Gasteiger partial charge in [0.1, 0.15) is 5.75 Å². The number of anilines is 1. The number of hydrazone groups is 1. The number of aromatic hydroxyl groups is 1. The van der Waals surface area contributed by atoms with Crippen molar-refractivity contribution < 1.29 is 14.5 Å². The molecule has 4 rings (SSSR count). The molecule has 0 aliphatic rings. The lowest BCUT2D eigenvalue weighted by Crippen LogP contribution is -2.20. The zero-order chi connectivity index (χ0) is 23.4. The Labute approximate surface area is 196 Å². The summed E-state index contributed by atoms with van der Waals surface area (Å²) in [5, 5.41) is 29.4. The number of halogens is 1. The van der Waals surface area contributed by atoms with E-state index in [1.807, 2.05) is 31.2 Å². The van der Waals surface area contributed by atoms with Crippen molar-refractivity contribution in [1.82, 2.24) is 30.7 Å². The van der Waals surface area contributed by atoms with Gasteiger partial charge in [-0.05, 0) is 47.6 Å². The van der Waals surface area contributed by atoms with E-state index in [1.165, 1.54) is 40.9 Å². The molecule has 168 valence electrons. The van der Waals surface area contributed by atoms with E-state index in [0.717, 1.165) is 10.5 Å². The molecule has 0 saturated heterocycles. The Morgan fingerprint density at radius 1 is 1.30 bits per heavy atom. The van der Waals surface area contributed by atoms with E-state index in [-0.39, 0.29) is 23.1 Å². The van der Waals surface area contributed by atoms with Gasteiger partial charge in [-0.15, -0.1) is 16.9 Å². The van der Waals surface area contributed by atoms with E-state index < -0.39 is 5.91 Å². The first-order valence-corrected chi connectivity index (χ1v) is 10.8. The second kappa shape index (κ2) is 9.71. The van der Waals surface area contributed by atoms with Crippen molar-refractivity contribution in [1.29, 1.82) is 0 Å². The summed E-state index contributed by atoms with van der Waals surface area (Å²) >= 11 is 7.39. The van der Waals surface area contributed by atoms with Crippen molar-refractivity contribution in [3.63, 3.8) is 0 Å². The fourth-order valence-corrected chi connectivity index (χ4v) is 3.82. The fraction of sp³-hybridized carbons (Fsp3) is 0.100. The summed E-state index contributed by atoms with van der Waals surface area (Å²) in [6.45, 7) is 2.00. The minimum Gasteiger partial charge on any atom is -0.507 e. The molecule has 4 aromatic rings. The van der Waals surface area contributed by atoms with Crippen LogP contribution in [-0.4, -0.2) is 42.5 Å². The number of phenolic OH excluding ortho intramolecular Hbond substituents is 1. The van der Waals surface area contributed by atoms with Crippen LogP contribution in [0.2, 0.25) is 5.02 Å². The van der Waals surface area contributed by atoms with E-state index >= 15 is 0 Å². The van der Waals surface area contributed by atoms with Crippen LogP contribution in [0.4, 0.5) is 5.82 Å². The third-order valence-electron chi connectivity index (χ3n) is 4.43. The number of carbonyl (C=O) groups excluding carboxylic acids is 1. The smallest absolute Gasteiger partial charge is 0.293 e. The SMILES string of the molecule is Cc1ccc(SCc2c(C(=O)N/N=C/c3cc(Cl)ccc3O)nnn2-c2nonc2N)cc1. The highest BCUT2D eigenvalue weighted by molar-refractivity contribution is 7.98. The fourth-order valence-electron chi connectivity index (χ4n) is 2.74. The molecule has 0 atom stereocenters. The number of rotatable bonds is 7. The number of benzene rings is 2. The molecule has 0 fully saturated rings. The molecule has 0 aliphatic heterocycles. The predicted octanol–water partition coefficient (Wildman–Crippen LogP) is 2.96. The molecule has 0 bridgehead atoms. The molecule has 2 aromatic carbocycles. The Balaban J connectivity index is 1.58. The highest BCUT2D eigenvalue weighted by atomic mass is 35.5. The molecule has 0 radical (unpaired) electrons. The van der Waals surface area contributed by atoms with Gasteiger partial charge in [0, 0.05) is 21.2 Å². The molecule has 0 saturated carbocycles. The van der Waals surface area contributed by atoms with Gasteiger partial charge in [0.2, 0.25) is 11.6 Å². The molecular formula is C20H17ClN8O3S. The van der Waals surface area contributed by atoms with Crippen molar-refractivity contribution >= 4 is 41.3 Å². The van der Waals surface area contributed by atoms with Gasteiger partial charge in [-0.2, -0.15) is 9.78 Å². The van der Waals surface area contributed by atoms with Crippen molar-refractivity contribution in [2.24, 2.45) is 5.10 Å². The van der Waals surface area contributed by atoms with Crippen LogP contribution < -0.4 is 11.2 Å². The van der Waals surface area contributed by atoms with Crippen molar-refractivity contribution in [3.05, 3.63) is 70.0 Å². The Hall–Kier alpha value is -3.90. The minimum absolute atomic E-state index is 0.00268. The van der Waals surface area contributed by atoms with Crippen LogP contribution in [0.15, 0.2) is 57.1 Å². The molecule has 0 spiro atoms. The average molecular weight is 485 g/mol. The lowest BCUT2D eigenvalue weighted by molar-refractivity contribution is 0.0949. The Kier molecular flexibility index (Phi) is 6.56. The van der Waals surface area contributed by atoms with E-state index in [0.29, 0.717) is 22.0 Å². The second-order valence-corrected chi connectivity index (χ2v) is 8.26. The molecule has 0 aliphatic carbocycles. The highest BCUT2D eigenvalue weighted by Gasteiger charge is 2.24. The minimum atomic E-state index is -0.617. The van der Waals surface area contributed by atoms with E-state index in [1.54, 1.807) is 0 Å². The van der Waals surface area contributed by atoms with Gasteiger partial charge in [-0.3, -0.25) is 4.79 Å². The summed E-state index contributed by atoms with van der Waals surface area (Å²) < 4.78 is 5.96. The average Bonchev–Trinajstić information content (AvgIpc) is 3.41. The molecular weight excluding hydrogens is 468 g/mol. The maximum absolute atomic E-state index is 12.8. The van der Waals surface area contributed by atoms with Gasteiger partial charge in [0.15, 0.2) is 5.69 Å². The summed E-state index contributed by atoms with van der Waals surface area (Å²) in [4.78, 5) is 13.8. The number of carbonyl (C=O) groups is 1. The van der Waals surface area contributed by atoms with Crippen LogP contribution in [-0.2, 0) is 5.75 Å². The van der Waals surface area contributed by atoms with Gasteiger partial charge in [0.05, 0.1) is 11.9 Å². The summed E-state index contributed by atoms with van der Waals surface area (Å²) in [7, 11) is 0. The van der Waals surface area contributed by atoms with Gasteiger partial charge < -0.3 is 10.8 Å². The molecule has 0 unspecified atom stereocenters. The Morgan fingerprint density at radius 2 is 2.09 bits per heavy atom. The van der Waals surface area contributed by atoms with Crippen LogP contribution in [0.25, 0.3) is 5.82 Å². The molecule has 33 heavy (non-hydrogen) atoms. The van der Waals surface area contributed by atoms with Crippen LogP contribution in [0.5, 0.6) is 5.75 Å². The number of nitrogens with two attached hydrogens (primary N) is 1. The lowest BCUT2D eigenvalue weighted by atomic mass is 10.2. The number of thioether (sulfide) groups is 1. The van der Waals surface area contributed by atoms with E-state index in [2.05, 4.69) is 35.8 Å². The third kappa shape index (κ3) is 5.13. The van der Waals surface area contributed by atoms with Crippen molar-refractivity contribution in [3.8, 4) is 11.6 Å². The Morgan fingerprint density at radius 3 is 2.82 bits per heavy atom. The molecule has 2 aromatic heterocycles. The van der Waals surface area contributed by atoms with Crippen LogP contribution >= 0.6 is 23.4 Å². The number of aryl methyl sites for hydroxylation is 1. The standard InChI is InChI=1S/C20H17ClN8O3S/c1-11-2-5-14(6-3-11)33-10-15-17(24-28-29(15)19-18(22)26-32-27-19)20(31)25-23-9-12-8-13(21)4-7-16(12)30/h2-9,30H,10H2,1H3,(H2,22,26)(H,25,31)/b23-9+. The molecule has 11 nitrogen and oxygen atoms in total. The number of amides is 1. The predicted molar refractivity (Wildman–Crippen MR) is 123 cm³/mol. The summed E-state index contributed by atoms with van der Waals surface area (Å²) in [5.41, 5.74) is 10.1. The first-order valence-electron chi connectivity index (χ1n) is 9.46. The number of phenols is 1. The van der Waals surface area contributed by atoms with Gasteiger partial charge in [-0.1, -0.05) is 34.5 Å². The summed E-state index contributed by atoms with van der Waals surface area (Å²) in [5.74, 6) is -0.207. The third-order valence-corrected chi connectivity index (χ3v) is 5.69. The maximum atomic E-state index is 12.8. The summed E-state index contributed by atoms with van der Waals surface area (Å²) in [6, 6.07) is 12.4. The number of hydrogen-bond donors (Lipinski definition) is 3. The van der Waals surface area contributed by atoms with Crippen LogP contribution in [0.1, 0.15) is 27.3 Å². The number of hydrogen-bond acceptors (Lipinski definition) is 10. The van der Waals surface area contributed by atoms with Crippen molar-refractivity contribution in [2.45, 2.75) is 17.6 Å². The van der Waals surface area contributed by atoms with Gasteiger partial charge in [0.25, 0.3) is 5.91 Å². The first-order chi connectivity index (χ1) is 15.9. The largest absolute Gasteiger partial charge is 0.507 e. The van der Waals surface area contributed by atoms with E-state index in [4.69, 9.17) is 17.3 Å². The maximum Gasteiger partial charge on any atom is 0.293 e. The van der Waals surface area contributed by atoms with Gasteiger partial charge in [-0.25, -0.2) is 10.1 Å². The number of nitrogens with one attached hydrogen (secondary N) is 1. The zero-order valence-electron chi connectivity index (χ0n) is 17.1. The quantitative estimate of drug-likeness (QED) is 0.204. The zero-order valence-corrected chi connectivity index (χ0v) is 18.7. The number of nitrogen functional groups attached to an aromatic ring is 1. The van der Waals surface area contributed by atoms with Crippen LogP contribution in [0.3, 0.4) is 0 Å². The lowest BCUT2D eigenvalue weighted by Gasteiger charge is -2.06.